The summed E-state index contributed by atoms with van der Waals surface area (Å²) in [6.45, 7) is -0.375. The maximum atomic E-state index is 11.5. The average molecular weight is 143 g/mol. The van der Waals surface area contributed by atoms with Crippen LogP contribution < -0.4 is 0 Å². The van der Waals surface area contributed by atoms with E-state index >= 15 is 0 Å². The lowest BCUT2D eigenvalue weighted by molar-refractivity contribution is -0.118. The fourth-order valence-corrected chi connectivity index (χ4v) is 0.593. The van der Waals surface area contributed by atoms with E-state index in [1.165, 1.54) is 0 Å². The molecule has 0 aromatic heterocycles. The molecule has 0 heterocycles. The van der Waals surface area contributed by atoms with Crippen LogP contribution in [0.4, 0.5) is 4.39 Å². The molecular formula is C7H10FNO. The first-order valence-corrected chi connectivity index (χ1v) is 3.26. The summed E-state index contributed by atoms with van der Waals surface area (Å²) >= 11 is 0. The van der Waals surface area contributed by atoms with Crippen molar-refractivity contribution in [3.8, 4) is 6.07 Å². The zero-order valence-electron chi connectivity index (χ0n) is 5.77. The van der Waals surface area contributed by atoms with Gasteiger partial charge in [0.15, 0.2) is 0 Å². The summed E-state index contributed by atoms with van der Waals surface area (Å²) in [5, 5.41) is 8.05. The number of ketones is 1. The van der Waals surface area contributed by atoms with E-state index in [0.29, 0.717) is 19.3 Å². The summed E-state index contributed by atoms with van der Waals surface area (Å²) in [5.41, 5.74) is 0. The van der Waals surface area contributed by atoms with E-state index in [0.717, 1.165) is 0 Å². The smallest absolute Gasteiger partial charge is 0.146 e. The zero-order chi connectivity index (χ0) is 7.82. The predicted molar refractivity (Wildman–Crippen MR) is 35.1 cm³/mol. The van der Waals surface area contributed by atoms with Gasteiger partial charge in [-0.3, -0.25) is 9.18 Å². The second-order valence-corrected chi connectivity index (χ2v) is 2.02. The van der Waals surface area contributed by atoms with E-state index < -0.39 is 0 Å². The first-order valence-electron chi connectivity index (χ1n) is 3.26. The van der Waals surface area contributed by atoms with Crippen molar-refractivity contribution in [1.29, 1.82) is 5.26 Å². The molecule has 0 amide bonds. The molecule has 0 aromatic carbocycles. The van der Waals surface area contributed by atoms with Crippen molar-refractivity contribution in [3.63, 3.8) is 0 Å². The van der Waals surface area contributed by atoms with E-state index in [2.05, 4.69) is 0 Å². The van der Waals surface area contributed by atoms with E-state index in [4.69, 9.17) is 5.26 Å². The van der Waals surface area contributed by atoms with Crippen LogP contribution in [0, 0.1) is 11.3 Å². The van der Waals surface area contributed by atoms with Crippen LogP contribution in [-0.4, -0.2) is 12.5 Å². The Labute approximate surface area is 59.6 Å². The monoisotopic (exact) mass is 143 g/mol. The SMILES string of the molecule is N#CCC(=O)CCCCF. The predicted octanol–water partition coefficient (Wildman–Crippen LogP) is 1.61. The lowest BCUT2D eigenvalue weighted by atomic mass is 10.1. The normalized spacial score (nSPS) is 8.80. The van der Waals surface area contributed by atoms with Crippen LogP contribution in [0.25, 0.3) is 0 Å². The van der Waals surface area contributed by atoms with Crippen LogP contribution in [0.3, 0.4) is 0 Å². The van der Waals surface area contributed by atoms with Crippen molar-refractivity contribution in [2.24, 2.45) is 0 Å². The molecular weight excluding hydrogens is 133 g/mol. The van der Waals surface area contributed by atoms with Gasteiger partial charge in [0.2, 0.25) is 0 Å². The third kappa shape index (κ3) is 5.23. The summed E-state index contributed by atoms with van der Waals surface area (Å²) in [6, 6.07) is 1.75. The van der Waals surface area contributed by atoms with Crippen LogP contribution in [0.2, 0.25) is 0 Å². The van der Waals surface area contributed by atoms with E-state index in [-0.39, 0.29) is 18.9 Å². The van der Waals surface area contributed by atoms with Gasteiger partial charge in [-0.1, -0.05) is 0 Å². The number of carbonyl (C=O) groups excluding carboxylic acids is 1. The van der Waals surface area contributed by atoms with Crippen LogP contribution in [-0.2, 0) is 4.79 Å². The Balaban J connectivity index is 3.15. The van der Waals surface area contributed by atoms with Crippen LogP contribution in [0.15, 0.2) is 0 Å². The topological polar surface area (TPSA) is 40.9 Å². The minimum Gasteiger partial charge on any atom is -0.299 e. The number of hydrogen-bond donors (Lipinski definition) is 0. The van der Waals surface area contributed by atoms with Gasteiger partial charge in [-0.25, -0.2) is 0 Å². The van der Waals surface area contributed by atoms with E-state index in [1.807, 2.05) is 0 Å². The molecule has 3 heteroatoms. The summed E-state index contributed by atoms with van der Waals surface area (Å²) in [5.74, 6) is -0.0871. The molecule has 0 bridgehead atoms. The minimum absolute atomic E-state index is 0.0354. The van der Waals surface area contributed by atoms with E-state index in [9.17, 15) is 9.18 Å². The summed E-state index contributed by atoms with van der Waals surface area (Å²) in [6.07, 6.45) is 1.30. The molecule has 10 heavy (non-hydrogen) atoms. The molecule has 0 saturated heterocycles. The molecule has 0 unspecified atom stereocenters. The van der Waals surface area contributed by atoms with Crippen LogP contribution in [0.5, 0.6) is 0 Å². The molecule has 0 fully saturated rings. The number of rotatable bonds is 5. The fraction of sp³-hybridized carbons (Fsp3) is 0.714. The molecule has 0 aromatic rings. The maximum Gasteiger partial charge on any atom is 0.146 e. The first kappa shape index (κ1) is 9.09. The van der Waals surface area contributed by atoms with Gasteiger partial charge < -0.3 is 0 Å². The molecule has 2 nitrogen and oxygen atoms in total. The maximum absolute atomic E-state index is 11.5. The van der Waals surface area contributed by atoms with Gasteiger partial charge in [0.25, 0.3) is 0 Å². The Morgan fingerprint density at radius 1 is 1.50 bits per heavy atom. The molecule has 0 rings (SSSR count). The largest absolute Gasteiger partial charge is 0.299 e. The number of halogens is 1. The van der Waals surface area contributed by atoms with E-state index in [1.54, 1.807) is 6.07 Å². The average Bonchev–Trinajstić information content (AvgIpc) is 1.89. The van der Waals surface area contributed by atoms with Gasteiger partial charge in [-0.2, -0.15) is 5.26 Å². The number of alkyl halides is 1. The second kappa shape index (κ2) is 6.21. The van der Waals surface area contributed by atoms with Crippen LogP contribution >= 0.6 is 0 Å². The van der Waals surface area contributed by atoms with Gasteiger partial charge in [-0.15, -0.1) is 0 Å². The summed E-state index contributed by atoms with van der Waals surface area (Å²) in [7, 11) is 0. The van der Waals surface area contributed by atoms with Crippen molar-refractivity contribution in [3.05, 3.63) is 0 Å². The third-order valence-electron chi connectivity index (χ3n) is 1.12. The quantitative estimate of drug-likeness (QED) is 0.548. The summed E-state index contributed by atoms with van der Waals surface area (Å²) < 4.78 is 11.5. The van der Waals surface area contributed by atoms with Gasteiger partial charge in [-0.05, 0) is 12.8 Å². The molecule has 0 saturated carbocycles. The molecule has 0 aliphatic rings. The number of nitrogens with zero attached hydrogens (tertiary/aromatic N) is 1. The number of Topliss-reactive ketones (excluding diaryl/α,β-unsaturated/α-hetero) is 1. The Kier molecular flexibility index (Phi) is 5.65. The molecule has 0 spiro atoms. The molecule has 0 radical (unpaired) electrons. The Morgan fingerprint density at radius 2 is 2.20 bits per heavy atom. The van der Waals surface area contributed by atoms with Crippen LogP contribution in [0.1, 0.15) is 25.7 Å². The molecule has 0 aliphatic heterocycles. The molecule has 0 N–H and O–H groups in total. The Morgan fingerprint density at radius 3 is 2.70 bits per heavy atom. The Bertz CT molecular complexity index is 139. The lowest BCUT2D eigenvalue weighted by Gasteiger charge is -1.91. The summed E-state index contributed by atoms with van der Waals surface area (Å²) in [4.78, 5) is 10.6. The third-order valence-corrected chi connectivity index (χ3v) is 1.12. The molecule has 56 valence electrons. The van der Waals surface area contributed by atoms with Crippen molar-refractivity contribution in [2.75, 3.05) is 6.67 Å². The number of carbonyl (C=O) groups is 1. The standard InChI is InChI=1S/C7H10FNO/c8-5-2-1-3-7(10)4-6-9/h1-5H2. The number of hydrogen-bond acceptors (Lipinski definition) is 2. The Hall–Kier alpha value is -0.910. The van der Waals surface area contributed by atoms with Gasteiger partial charge >= 0.3 is 0 Å². The fourth-order valence-electron chi connectivity index (χ4n) is 0.593. The first-order chi connectivity index (χ1) is 4.81. The highest BCUT2D eigenvalue weighted by molar-refractivity contribution is 5.80. The minimum atomic E-state index is -0.375. The van der Waals surface area contributed by atoms with Gasteiger partial charge in [0, 0.05) is 6.42 Å². The lowest BCUT2D eigenvalue weighted by Crippen LogP contribution is -1.95. The number of unbranched alkanes of at least 4 members (excludes halogenated alkanes) is 1. The van der Waals surface area contributed by atoms with Gasteiger partial charge in [0.05, 0.1) is 19.2 Å². The number of nitriles is 1. The highest BCUT2D eigenvalue weighted by atomic mass is 19.1. The van der Waals surface area contributed by atoms with Gasteiger partial charge in [0.1, 0.15) is 5.78 Å². The van der Waals surface area contributed by atoms with Crippen molar-refractivity contribution in [1.82, 2.24) is 0 Å². The zero-order valence-corrected chi connectivity index (χ0v) is 5.77. The van der Waals surface area contributed by atoms with Crippen molar-refractivity contribution >= 4 is 5.78 Å². The second-order valence-electron chi connectivity index (χ2n) is 2.02. The van der Waals surface area contributed by atoms with Crippen molar-refractivity contribution < 1.29 is 9.18 Å². The van der Waals surface area contributed by atoms with Crippen molar-refractivity contribution in [2.45, 2.75) is 25.7 Å². The molecule has 0 aliphatic carbocycles. The highest BCUT2D eigenvalue weighted by Crippen LogP contribution is 1.98. The highest BCUT2D eigenvalue weighted by Gasteiger charge is 1.98. The molecule has 0 atom stereocenters.